The van der Waals surface area contributed by atoms with Gasteiger partial charge in [0.05, 0.1) is 132 Å². The maximum atomic E-state index is 13.7. The number of alkyl halides is 6. The van der Waals surface area contributed by atoms with Gasteiger partial charge in [-0.3, -0.25) is 9.59 Å². The van der Waals surface area contributed by atoms with Crippen molar-refractivity contribution in [3.8, 4) is 28.4 Å². The summed E-state index contributed by atoms with van der Waals surface area (Å²) in [6.45, 7) is 15.6. The van der Waals surface area contributed by atoms with Crippen LogP contribution in [0, 0.1) is 23.5 Å². The van der Waals surface area contributed by atoms with Gasteiger partial charge in [0, 0.05) is 32.3 Å². The first-order chi connectivity index (χ1) is 67.5. The SMILES string of the molecule is CC(C)CCc1cn(-c2ccc(CC(=O)Cc3cccc(F)c3)cc2)nn1.CC(C)CCc1cn(-c2ccc(CC(=O)Cc3ccccc3F)cc2)nn1.CCCCc1cn(-c2cccc(S(=O)(=O)Cc3cccc4ccccc34)c2)nn1.CCCCc1cn(-c2cccc(S(=O)(=O)Cc3ccccc3C(F)(F)F)c2)nn1.CCOCc1cn(-c2cccc(S(=O)(=O)Cc3ccccc3C(F)(F)F)c2)nn1. The monoisotopic (exact) mass is 1980 g/mol. The Morgan fingerprint density at radius 1 is 0.348 bits per heavy atom. The summed E-state index contributed by atoms with van der Waals surface area (Å²) < 4.78 is 197. The van der Waals surface area contributed by atoms with E-state index in [1.807, 2.05) is 123 Å². The lowest BCUT2D eigenvalue weighted by atomic mass is 10.0. The van der Waals surface area contributed by atoms with Gasteiger partial charge in [-0.15, -0.1) is 25.5 Å². The van der Waals surface area contributed by atoms with Crippen molar-refractivity contribution >= 4 is 51.9 Å². The maximum absolute atomic E-state index is 13.7. The molecule has 0 radical (unpaired) electrons. The van der Waals surface area contributed by atoms with E-state index in [1.165, 1.54) is 100 Å². The quantitative estimate of drug-likeness (QED) is 0.0327. The first kappa shape index (κ1) is 106. The van der Waals surface area contributed by atoms with E-state index in [-0.39, 0.29) is 80.6 Å². The summed E-state index contributed by atoms with van der Waals surface area (Å²) in [6.07, 6.45) is 10.6. The van der Waals surface area contributed by atoms with Gasteiger partial charge < -0.3 is 4.74 Å². The highest BCUT2D eigenvalue weighted by Gasteiger charge is 2.36. The minimum absolute atomic E-state index is 0.00965. The van der Waals surface area contributed by atoms with Gasteiger partial charge in [0.25, 0.3) is 0 Å². The van der Waals surface area contributed by atoms with Gasteiger partial charge in [-0.2, -0.15) is 26.3 Å². The highest BCUT2D eigenvalue weighted by Crippen LogP contribution is 2.37. The summed E-state index contributed by atoms with van der Waals surface area (Å²) >= 11 is 0. The van der Waals surface area contributed by atoms with Crippen LogP contribution in [-0.4, -0.2) is 118 Å². The predicted molar refractivity (Wildman–Crippen MR) is 523 cm³/mol. The van der Waals surface area contributed by atoms with E-state index in [0.717, 1.165) is 138 Å². The Labute approximate surface area is 814 Å². The highest BCUT2D eigenvalue weighted by atomic mass is 32.2. The largest absolute Gasteiger partial charge is 0.416 e. The second kappa shape index (κ2) is 49.7. The number of fused-ring (bicyclic) bond motifs is 1. The zero-order chi connectivity index (χ0) is 101. The molecule has 736 valence electrons. The molecule has 16 aromatic rings. The molecule has 11 aromatic carbocycles. The van der Waals surface area contributed by atoms with E-state index in [9.17, 15) is 70.0 Å². The fourth-order valence-electron chi connectivity index (χ4n) is 14.9. The number of halogens is 8. The number of ether oxygens (including phenoxy) is 1. The molecule has 0 bridgehead atoms. The smallest absolute Gasteiger partial charge is 0.375 e. The minimum Gasteiger partial charge on any atom is -0.375 e. The van der Waals surface area contributed by atoms with Gasteiger partial charge in [0.2, 0.25) is 0 Å². The number of carbonyl (C=O) groups excluding carboxylic acids is 2. The Balaban J connectivity index is 0.000000158. The molecular formula is C106H109F8N15O9S3. The zero-order valence-corrected chi connectivity index (χ0v) is 81.4. The molecule has 0 fully saturated rings. The normalized spacial score (nSPS) is 11.7. The summed E-state index contributed by atoms with van der Waals surface area (Å²) in [6, 6.07) is 69.6. The van der Waals surface area contributed by atoms with Crippen LogP contribution < -0.4 is 0 Å². The molecule has 0 atom stereocenters. The van der Waals surface area contributed by atoms with Crippen molar-refractivity contribution in [2.24, 2.45) is 11.8 Å². The van der Waals surface area contributed by atoms with E-state index >= 15 is 0 Å². The number of Topliss-reactive ketones (excluding diaryl/α,β-unsaturated/α-hetero) is 2. The molecule has 0 N–H and O–H groups in total. The number of hydrogen-bond acceptors (Lipinski definition) is 19. The Morgan fingerprint density at radius 3 is 1.11 bits per heavy atom. The molecule has 0 spiro atoms. The Kier molecular flexibility index (Phi) is 37.3. The van der Waals surface area contributed by atoms with Crippen LogP contribution in [-0.2, 0) is 131 Å². The molecular weight excluding hydrogens is 1880 g/mol. The van der Waals surface area contributed by atoms with E-state index in [2.05, 4.69) is 93.1 Å². The third kappa shape index (κ3) is 31.5. The Bertz CT molecular complexity index is 7030. The molecule has 0 saturated carbocycles. The van der Waals surface area contributed by atoms with Gasteiger partial charge in [-0.25, -0.2) is 57.4 Å². The molecule has 141 heavy (non-hydrogen) atoms. The van der Waals surface area contributed by atoms with Crippen LogP contribution in [0.5, 0.6) is 0 Å². The molecule has 0 amide bonds. The van der Waals surface area contributed by atoms with Gasteiger partial charge in [-0.05, 0) is 229 Å². The third-order valence-electron chi connectivity index (χ3n) is 22.4. The summed E-state index contributed by atoms with van der Waals surface area (Å²) in [5.74, 6) is -0.877. The van der Waals surface area contributed by atoms with Crippen LogP contribution in [0.25, 0.3) is 39.2 Å². The standard InChI is InChI=1S/C23H23N3O2S.2C22H24FN3O.C20H20F3N3O2S.C19H18F3N3O3S/c1-2-3-11-20-16-26(25-24-20)21-12-7-13-22(15-21)29(27,28)17-19-10-6-9-18-8-4-5-14-23(18)19;1-16(2)6-9-20-15-26(25-24-20)21-10-7-17(8-11-21)13-22(27)14-18-4-3-5-19(23)12-18;1-16(2)7-10-19-15-26(25-24-19)20-11-8-17(9-12-20)13-21(27)14-18-5-3-4-6-22(18)23;1-2-3-8-16-13-26(25-24-16)17-9-6-10-18(12-17)29(27,28)14-15-7-4-5-11-19(15)20(21,22)23;1-2-28-12-15-11-25(24-23-15)16-7-5-8-17(10-16)29(26,27)13-14-6-3-4-9-18(14)19(20,21)22/h4-10,12-16H,2-3,11,17H2,1H3;3-5,7-8,10-12,15-16H,6,9,13-14H2,1-2H3;3-6,8-9,11-12,15-16H,7,10,13-14H2,1-2H3;4-7,9-13H,2-3,8,14H2,1H3;3-11H,2,12-13H2,1H3. The Morgan fingerprint density at radius 2 is 0.695 bits per heavy atom. The number of unbranched alkanes of at least 4 members (excludes halogenated alkanes) is 2. The molecule has 0 aliphatic heterocycles. The fraction of sp³-hybridized carbons (Fsp3) is 0.283. The van der Waals surface area contributed by atoms with Crippen LogP contribution in [0.1, 0.15) is 166 Å². The molecule has 24 nitrogen and oxygen atoms in total. The summed E-state index contributed by atoms with van der Waals surface area (Å²) in [5, 5.41) is 43.1. The number of nitrogens with zero attached hydrogens (tertiary/aromatic N) is 15. The van der Waals surface area contributed by atoms with Crippen molar-refractivity contribution < 1.29 is 74.7 Å². The lowest BCUT2D eigenvalue weighted by Crippen LogP contribution is -2.13. The van der Waals surface area contributed by atoms with Crippen LogP contribution in [0.2, 0.25) is 0 Å². The van der Waals surface area contributed by atoms with Crippen LogP contribution in [0.4, 0.5) is 35.1 Å². The second-order valence-corrected chi connectivity index (χ2v) is 40.5. The maximum Gasteiger partial charge on any atom is 0.416 e. The molecule has 16 rings (SSSR count). The van der Waals surface area contributed by atoms with E-state index < -0.39 is 64.5 Å². The number of rotatable bonds is 37. The summed E-state index contributed by atoms with van der Waals surface area (Å²) in [4.78, 5) is 24.6. The Hall–Kier alpha value is -14.0. The topological polar surface area (TPSA) is 299 Å². The molecule has 5 aromatic heterocycles. The molecule has 0 saturated heterocycles. The van der Waals surface area contributed by atoms with Gasteiger partial charge in [0.15, 0.2) is 29.5 Å². The van der Waals surface area contributed by atoms with E-state index in [4.69, 9.17) is 4.74 Å². The van der Waals surface area contributed by atoms with Gasteiger partial charge in [0.1, 0.15) is 28.9 Å². The number of carbonyl (C=O) groups is 2. The van der Waals surface area contributed by atoms with Gasteiger partial charge >= 0.3 is 12.4 Å². The first-order valence-corrected chi connectivity index (χ1v) is 51.0. The van der Waals surface area contributed by atoms with Crippen LogP contribution >= 0.6 is 0 Å². The summed E-state index contributed by atoms with van der Waals surface area (Å²) in [7, 11) is -11.5. The molecule has 5 heterocycles. The summed E-state index contributed by atoms with van der Waals surface area (Å²) in [5.41, 5.74) is 8.94. The molecule has 0 unspecified atom stereocenters. The number of ketones is 2. The van der Waals surface area contributed by atoms with Crippen molar-refractivity contribution in [3.05, 3.63) is 382 Å². The van der Waals surface area contributed by atoms with Gasteiger partial charge in [-0.1, -0.05) is 232 Å². The van der Waals surface area contributed by atoms with Crippen molar-refractivity contribution in [3.63, 3.8) is 0 Å². The number of sulfone groups is 3. The first-order valence-electron chi connectivity index (χ1n) is 46.1. The highest BCUT2D eigenvalue weighted by molar-refractivity contribution is 7.91. The fourth-order valence-corrected chi connectivity index (χ4v) is 19.1. The molecule has 0 aliphatic carbocycles. The average Bonchev–Trinajstić information content (AvgIpc) is 1.09. The molecule has 0 aliphatic rings. The average molecular weight is 1990 g/mol. The van der Waals surface area contributed by atoms with E-state index in [0.29, 0.717) is 58.7 Å². The van der Waals surface area contributed by atoms with Crippen LogP contribution in [0.3, 0.4) is 0 Å². The third-order valence-corrected chi connectivity index (χ3v) is 27.4. The van der Waals surface area contributed by atoms with Crippen molar-refractivity contribution in [1.29, 1.82) is 0 Å². The number of aryl methyl sites for hydroxylation is 4. The number of benzene rings is 11. The predicted octanol–water partition coefficient (Wildman–Crippen LogP) is 21.8. The molecule has 35 heteroatoms. The van der Waals surface area contributed by atoms with E-state index in [1.54, 1.807) is 87.1 Å². The zero-order valence-electron chi connectivity index (χ0n) is 78.9. The van der Waals surface area contributed by atoms with Crippen molar-refractivity contribution in [2.45, 2.75) is 189 Å². The number of hydrogen-bond donors (Lipinski definition) is 0. The van der Waals surface area contributed by atoms with Crippen molar-refractivity contribution in [1.82, 2.24) is 75.0 Å². The number of aromatic nitrogens is 15. The van der Waals surface area contributed by atoms with Crippen LogP contribution in [0.15, 0.2) is 307 Å². The second-order valence-electron chi connectivity index (χ2n) is 34.5. The minimum atomic E-state index is -4.63. The lowest BCUT2D eigenvalue weighted by Gasteiger charge is -2.13. The van der Waals surface area contributed by atoms with Crippen molar-refractivity contribution in [2.75, 3.05) is 6.61 Å². The lowest BCUT2D eigenvalue weighted by molar-refractivity contribution is -0.138.